The summed E-state index contributed by atoms with van der Waals surface area (Å²) in [5.74, 6) is -0.817. The topological polar surface area (TPSA) is 91.8 Å². The van der Waals surface area contributed by atoms with Gasteiger partial charge < -0.3 is 10.0 Å². The van der Waals surface area contributed by atoms with Gasteiger partial charge in [0, 0.05) is 24.9 Å². The van der Waals surface area contributed by atoms with Crippen molar-refractivity contribution in [1.29, 1.82) is 0 Å². The molecule has 27 heavy (non-hydrogen) atoms. The number of aromatic carboxylic acids is 1. The largest absolute Gasteiger partial charge is 0.478 e. The lowest BCUT2D eigenvalue weighted by Crippen LogP contribution is -2.29. The Bertz CT molecular complexity index is 966. The Hall–Kier alpha value is -2.67. The number of likely N-dealkylation sites (tertiary alicyclic amines) is 1. The normalized spacial score (nSPS) is 17.1. The number of hydrogen-bond donors (Lipinski definition) is 1. The number of carboxylic acid groups (broad SMARTS) is 1. The van der Waals surface area contributed by atoms with Gasteiger partial charge in [-0.05, 0) is 54.7 Å². The predicted molar refractivity (Wildman–Crippen MR) is 101 cm³/mol. The van der Waals surface area contributed by atoms with E-state index in [-0.39, 0.29) is 16.4 Å². The molecule has 6 nitrogen and oxygen atoms in total. The van der Waals surface area contributed by atoms with E-state index in [4.69, 9.17) is 5.11 Å². The number of sulfone groups is 1. The van der Waals surface area contributed by atoms with E-state index in [1.165, 1.54) is 12.1 Å². The third kappa shape index (κ3) is 4.54. The lowest BCUT2D eigenvalue weighted by molar-refractivity contribution is 0.0696. The van der Waals surface area contributed by atoms with Crippen LogP contribution in [0.15, 0.2) is 53.4 Å². The highest BCUT2D eigenvalue weighted by atomic mass is 32.2. The molecule has 0 saturated carbocycles. The molecule has 1 saturated heterocycles. The van der Waals surface area contributed by atoms with E-state index in [0.29, 0.717) is 24.6 Å². The second-order valence-corrected chi connectivity index (χ2v) is 8.93. The third-order valence-corrected chi connectivity index (χ3v) is 5.92. The summed E-state index contributed by atoms with van der Waals surface area (Å²) in [6.07, 6.45) is 2.75. The average Bonchev–Trinajstić information content (AvgIpc) is 3.09. The van der Waals surface area contributed by atoms with Gasteiger partial charge in [0.1, 0.15) is 0 Å². The maximum atomic E-state index is 12.7. The Morgan fingerprint density at radius 1 is 1.11 bits per heavy atom. The van der Waals surface area contributed by atoms with Crippen LogP contribution in [0.1, 0.15) is 32.7 Å². The molecule has 1 fully saturated rings. The van der Waals surface area contributed by atoms with Gasteiger partial charge in [-0.25, -0.2) is 13.2 Å². The molecule has 1 atom stereocenters. The van der Waals surface area contributed by atoms with E-state index in [0.717, 1.165) is 24.7 Å². The van der Waals surface area contributed by atoms with E-state index in [1.54, 1.807) is 29.2 Å². The quantitative estimate of drug-likeness (QED) is 0.851. The number of rotatable bonds is 5. The summed E-state index contributed by atoms with van der Waals surface area (Å²) >= 11 is 0. The Kier molecular flexibility index (Phi) is 5.32. The number of carboxylic acids is 1. The highest BCUT2D eigenvalue weighted by Crippen LogP contribution is 2.23. The second-order valence-electron chi connectivity index (χ2n) is 6.91. The van der Waals surface area contributed by atoms with Gasteiger partial charge in [-0.1, -0.05) is 18.2 Å². The maximum absolute atomic E-state index is 12.7. The van der Waals surface area contributed by atoms with Crippen molar-refractivity contribution in [3.63, 3.8) is 0 Å². The summed E-state index contributed by atoms with van der Waals surface area (Å²) in [6.45, 7) is 1.22. The molecule has 1 aliphatic rings. The fourth-order valence-electron chi connectivity index (χ4n) is 3.34. The van der Waals surface area contributed by atoms with Crippen LogP contribution in [0.25, 0.3) is 0 Å². The van der Waals surface area contributed by atoms with Crippen molar-refractivity contribution in [3.8, 4) is 0 Å². The molecular formula is C20H21NO5S. The molecule has 142 valence electrons. The first-order valence-electron chi connectivity index (χ1n) is 8.65. The van der Waals surface area contributed by atoms with Crippen LogP contribution in [0.2, 0.25) is 0 Å². The van der Waals surface area contributed by atoms with Crippen LogP contribution in [0.4, 0.5) is 0 Å². The number of benzene rings is 2. The smallest absolute Gasteiger partial charge is 0.335 e. The molecule has 0 spiro atoms. The van der Waals surface area contributed by atoms with Gasteiger partial charge in [0.05, 0.1) is 10.5 Å². The highest BCUT2D eigenvalue weighted by Gasteiger charge is 2.27. The zero-order valence-corrected chi connectivity index (χ0v) is 15.8. The van der Waals surface area contributed by atoms with Gasteiger partial charge in [-0.15, -0.1) is 0 Å². The van der Waals surface area contributed by atoms with E-state index >= 15 is 0 Å². The molecule has 1 N–H and O–H groups in total. The predicted octanol–water partition coefficient (Wildman–Crippen LogP) is 2.49. The summed E-state index contributed by atoms with van der Waals surface area (Å²) in [7, 11) is -3.36. The van der Waals surface area contributed by atoms with Crippen LogP contribution < -0.4 is 0 Å². The molecule has 1 unspecified atom stereocenters. The lowest BCUT2D eigenvalue weighted by atomic mass is 9.98. The highest BCUT2D eigenvalue weighted by molar-refractivity contribution is 7.90. The summed E-state index contributed by atoms with van der Waals surface area (Å²) in [4.78, 5) is 25.5. The van der Waals surface area contributed by atoms with Crippen LogP contribution in [-0.4, -0.2) is 49.6 Å². The first-order valence-corrected chi connectivity index (χ1v) is 10.5. The maximum Gasteiger partial charge on any atom is 0.335 e. The molecule has 3 rings (SSSR count). The van der Waals surface area contributed by atoms with Crippen LogP contribution in [0.3, 0.4) is 0 Å². The minimum Gasteiger partial charge on any atom is -0.478 e. The van der Waals surface area contributed by atoms with Gasteiger partial charge in [0.25, 0.3) is 5.91 Å². The summed E-state index contributed by atoms with van der Waals surface area (Å²) in [6, 6.07) is 12.9. The van der Waals surface area contributed by atoms with Crippen molar-refractivity contribution >= 4 is 21.7 Å². The monoisotopic (exact) mass is 387 g/mol. The minimum absolute atomic E-state index is 0.141. The molecule has 1 heterocycles. The van der Waals surface area contributed by atoms with Crippen LogP contribution >= 0.6 is 0 Å². The number of nitrogens with zero attached hydrogens (tertiary/aromatic N) is 1. The van der Waals surface area contributed by atoms with Crippen molar-refractivity contribution in [2.24, 2.45) is 5.92 Å². The Morgan fingerprint density at radius 3 is 2.44 bits per heavy atom. The molecule has 0 bridgehead atoms. The third-order valence-electron chi connectivity index (χ3n) is 4.81. The first kappa shape index (κ1) is 19.1. The number of carbonyl (C=O) groups is 2. The Balaban J connectivity index is 1.65. The standard InChI is InChI=1S/C20H21NO5S/c1-27(25,26)18-4-2-3-17(12-18)19(22)21-10-9-15(13-21)11-14-5-7-16(8-6-14)20(23)24/h2-8,12,15H,9-11,13H2,1H3,(H,23,24). The summed E-state index contributed by atoms with van der Waals surface area (Å²) in [5, 5.41) is 8.95. The van der Waals surface area contributed by atoms with Crippen molar-refractivity contribution in [2.75, 3.05) is 19.3 Å². The van der Waals surface area contributed by atoms with Crippen LogP contribution in [-0.2, 0) is 16.3 Å². The molecule has 0 aliphatic carbocycles. The lowest BCUT2D eigenvalue weighted by Gasteiger charge is -2.17. The second kappa shape index (κ2) is 7.52. The van der Waals surface area contributed by atoms with Gasteiger partial charge in [-0.2, -0.15) is 0 Å². The van der Waals surface area contributed by atoms with Gasteiger partial charge in [0.2, 0.25) is 0 Å². The van der Waals surface area contributed by atoms with Gasteiger partial charge >= 0.3 is 5.97 Å². The Labute approximate surface area is 158 Å². The number of hydrogen-bond acceptors (Lipinski definition) is 4. The zero-order valence-electron chi connectivity index (χ0n) is 15.0. The molecule has 2 aromatic carbocycles. The number of amides is 1. The van der Waals surface area contributed by atoms with E-state index in [2.05, 4.69) is 0 Å². The molecule has 0 aromatic heterocycles. The summed E-state index contributed by atoms with van der Waals surface area (Å²) < 4.78 is 23.4. The molecule has 2 aromatic rings. The molecule has 1 aliphatic heterocycles. The van der Waals surface area contributed by atoms with Crippen LogP contribution in [0, 0.1) is 5.92 Å². The first-order chi connectivity index (χ1) is 12.7. The van der Waals surface area contributed by atoms with E-state index in [9.17, 15) is 18.0 Å². The molecular weight excluding hydrogens is 366 g/mol. The molecule has 0 radical (unpaired) electrons. The fourth-order valence-corrected chi connectivity index (χ4v) is 4.01. The van der Waals surface area contributed by atoms with Crippen molar-refractivity contribution in [3.05, 3.63) is 65.2 Å². The molecule has 7 heteroatoms. The summed E-state index contributed by atoms with van der Waals surface area (Å²) in [5.41, 5.74) is 1.68. The van der Waals surface area contributed by atoms with Crippen molar-refractivity contribution < 1.29 is 23.1 Å². The zero-order chi connectivity index (χ0) is 19.6. The SMILES string of the molecule is CS(=O)(=O)c1cccc(C(=O)N2CCC(Cc3ccc(C(=O)O)cc3)C2)c1. The van der Waals surface area contributed by atoms with Gasteiger partial charge in [0.15, 0.2) is 9.84 Å². The number of carbonyl (C=O) groups excluding carboxylic acids is 1. The van der Waals surface area contributed by atoms with Crippen molar-refractivity contribution in [2.45, 2.75) is 17.7 Å². The minimum atomic E-state index is -3.36. The van der Waals surface area contributed by atoms with Crippen LogP contribution in [0.5, 0.6) is 0 Å². The van der Waals surface area contributed by atoms with Crippen molar-refractivity contribution in [1.82, 2.24) is 4.90 Å². The van der Waals surface area contributed by atoms with E-state index in [1.807, 2.05) is 12.1 Å². The molecule has 1 amide bonds. The Morgan fingerprint density at radius 2 is 1.81 bits per heavy atom. The van der Waals surface area contributed by atoms with Gasteiger partial charge in [-0.3, -0.25) is 4.79 Å². The average molecular weight is 387 g/mol. The van der Waals surface area contributed by atoms with E-state index < -0.39 is 15.8 Å². The fraction of sp³-hybridized carbons (Fsp3) is 0.300.